The predicted molar refractivity (Wildman–Crippen MR) is 59.8 cm³/mol. The average Bonchev–Trinajstić information content (AvgIpc) is 2.28. The van der Waals surface area contributed by atoms with Crippen LogP contribution < -0.4 is 4.72 Å². The standard InChI is InChI=1S/C10H13N3O2S/c1-8(6-11)16(14,15)13-9(2)10-4-3-5-12-7-10/h3-5,7-9,13H,1-2H3. The van der Waals surface area contributed by atoms with Crippen LogP contribution in [0.15, 0.2) is 24.5 Å². The topological polar surface area (TPSA) is 82.9 Å². The molecule has 0 bridgehead atoms. The molecule has 0 aliphatic heterocycles. The van der Waals surface area contributed by atoms with Crippen LogP contribution in [-0.2, 0) is 10.0 Å². The van der Waals surface area contributed by atoms with Gasteiger partial charge in [0.05, 0.1) is 6.07 Å². The normalized spacial score (nSPS) is 15.1. The maximum atomic E-state index is 11.6. The molecule has 0 radical (unpaired) electrons. The zero-order chi connectivity index (χ0) is 12.2. The van der Waals surface area contributed by atoms with E-state index >= 15 is 0 Å². The van der Waals surface area contributed by atoms with Crippen LogP contribution in [0.2, 0.25) is 0 Å². The molecule has 0 aromatic carbocycles. The molecule has 86 valence electrons. The van der Waals surface area contributed by atoms with E-state index < -0.39 is 21.3 Å². The van der Waals surface area contributed by atoms with Crippen LogP contribution in [0.1, 0.15) is 25.5 Å². The lowest BCUT2D eigenvalue weighted by atomic mass is 10.2. The third-order valence-corrected chi connectivity index (χ3v) is 3.89. The molecule has 0 fully saturated rings. The molecule has 1 aromatic heterocycles. The molecule has 16 heavy (non-hydrogen) atoms. The first-order chi connectivity index (χ1) is 7.47. The van der Waals surface area contributed by atoms with Crippen molar-refractivity contribution in [1.82, 2.24) is 9.71 Å². The number of nitrogens with zero attached hydrogens (tertiary/aromatic N) is 2. The van der Waals surface area contributed by atoms with Crippen LogP contribution in [0.4, 0.5) is 0 Å². The van der Waals surface area contributed by atoms with Crippen molar-refractivity contribution in [2.45, 2.75) is 25.1 Å². The highest BCUT2D eigenvalue weighted by atomic mass is 32.2. The smallest absolute Gasteiger partial charge is 0.228 e. The van der Waals surface area contributed by atoms with Gasteiger partial charge in [-0.2, -0.15) is 5.26 Å². The van der Waals surface area contributed by atoms with Crippen molar-refractivity contribution < 1.29 is 8.42 Å². The van der Waals surface area contributed by atoms with Gasteiger partial charge in [-0.3, -0.25) is 4.98 Å². The van der Waals surface area contributed by atoms with Gasteiger partial charge in [-0.1, -0.05) is 6.07 Å². The van der Waals surface area contributed by atoms with E-state index in [0.717, 1.165) is 5.56 Å². The number of hydrogen-bond donors (Lipinski definition) is 1. The van der Waals surface area contributed by atoms with Crippen molar-refractivity contribution in [3.63, 3.8) is 0 Å². The van der Waals surface area contributed by atoms with Crippen molar-refractivity contribution in [2.24, 2.45) is 0 Å². The third kappa shape index (κ3) is 3.02. The molecule has 1 rings (SSSR count). The number of hydrogen-bond acceptors (Lipinski definition) is 4. The zero-order valence-electron chi connectivity index (χ0n) is 9.08. The molecular weight excluding hydrogens is 226 g/mol. The van der Waals surface area contributed by atoms with Gasteiger partial charge in [0.15, 0.2) is 5.25 Å². The summed E-state index contributed by atoms with van der Waals surface area (Å²) in [6, 6.07) is 4.81. The molecule has 2 unspecified atom stereocenters. The van der Waals surface area contributed by atoms with E-state index in [1.165, 1.54) is 6.92 Å². The van der Waals surface area contributed by atoms with Gasteiger partial charge in [-0.25, -0.2) is 13.1 Å². The van der Waals surface area contributed by atoms with E-state index in [9.17, 15) is 8.42 Å². The number of rotatable bonds is 4. The summed E-state index contributed by atoms with van der Waals surface area (Å²) in [7, 11) is -3.60. The SMILES string of the molecule is CC(NS(=O)(=O)C(C)C#N)c1cccnc1. The molecule has 1 heterocycles. The van der Waals surface area contributed by atoms with E-state index in [1.54, 1.807) is 37.5 Å². The minimum Gasteiger partial charge on any atom is -0.264 e. The van der Waals surface area contributed by atoms with Crippen LogP contribution in [0, 0.1) is 11.3 Å². The minimum absolute atomic E-state index is 0.394. The summed E-state index contributed by atoms with van der Waals surface area (Å²) < 4.78 is 25.6. The molecule has 1 aromatic rings. The second-order valence-corrected chi connectivity index (χ2v) is 5.48. The van der Waals surface area contributed by atoms with Gasteiger partial charge in [0.1, 0.15) is 0 Å². The molecule has 1 N–H and O–H groups in total. The van der Waals surface area contributed by atoms with Crippen molar-refractivity contribution in [3.8, 4) is 6.07 Å². The van der Waals surface area contributed by atoms with Crippen LogP contribution in [0.25, 0.3) is 0 Å². The van der Waals surface area contributed by atoms with Crippen LogP contribution in [-0.4, -0.2) is 18.7 Å². The lowest BCUT2D eigenvalue weighted by molar-refractivity contribution is 0.562. The first-order valence-corrected chi connectivity index (χ1v) is 6.32. The number of pyridine rings is 1. The average molecular weight is 239 g/mol. The monoisotopic (exact) mass is 239 g/mol. The van der Waals surface area contributed by atoms with Crippen molar-refractivity contribution >= 4 is 10.0 Å². The Kier molecular flexibility index (Phi) is 3.99. The molecule has 0 aliphatic carbocycles. The number of aromatic nitrogens is 1. The Morgan fingerprint density at radius 1 is 1.50 bits per heavy atom. The van der Waals surface area contributed by atoms with Gasteiger partial charge in [-0.05, 0) is 25.5 Å². The summed E-state index contributed by atoms with van der Waals surface area (Å²) in [5.41, 5.74) is 0.760. The van der Waals surface area contributed by atoms with E-state index in [4.69, 9.17) is 5.26 Å². The largest absolute Gasteiger partial charge is 0.264 e. The highest BCUT2D eigenvalue weighted by Gasteiger charge is 2.22. The number of nitrogens with one attached hydrogen (secondary N) is 1. The van der Waals surface area contributed by atoms with Crippen LogP contribution in [0.3, 0.4) is 0 Å². The highest BCUT2D eigenvalue weighted by molar-refractivity contribution is 7.90. The van der Waals surface area contributed by atoms with Gasteiger partial charge >= 0.3 is 0 Å². The van der Waals surface area contributed by atoms with Gasteiger partial charge in [0.25, 0.3) is 0 Å². The fourth-order valence-corrected chi connectivity index (χ4v) is 2.09. The fraction of sp³-hybridized carbons (Fsp3) is 0.400. The van der Waals surface area contributed by atoms with Crippen LogP contribution in [0.5, 0.6) is 0 Å². The Bertz CT molecular complexity index is 479. The molecule has 0 aliphatic rings. The first kappa shape index (κ1) is 12.6. The summed E-state index contributed by atoms with van der Waals surface area (Å²) in [5.74, 6) is 0. The van der Waals surface area contributed by atoms with E-state index in [0.29, 0.717) is 0 Å². The Hall–Kier alpha value is -1.45. The van der Waals surface area contributed by atoms with Gasteiger partial charge in [-0.15, -0.1) is 0 Å². The van der Waals surface area contributed by atoms with Gasteiger partial charge in [0, 0.05) is 18.4 Å². The Morgan fingerprint density at radius 3 is 2.69 bits per heavy atom. The lowest BCUT2D eigenvalue weighted by Gasteiger charge is -2.14. The molecule has 0 saturated heterocycles. The summed E-state index contributed by atoms with van der Waals surface area (Å²) in [6.45, 7) is 3.05. The molecular formula is C10H13N3O2S. The van der Waals surface area contributed by atoms with Crippen LogP contribution >= 0.6 is 0 Å². The van der Waals surface area contributed by atoms with Gasteiger partial charge in [0.2, 0.25) is 10.0 Å². The molecule has 0 saturated carbocycles. The first-order valence-electron chi connectivity index (χ1n) is 4.78. The molecule has 5 nitrogen and oxygen atoms in total. The Labute approximate surface area is 95.2 Å². The van der Waals surface area contributed by atoms with E-state index in [1.807, 2.05) is 0 Å². The molecule has 6 heteroatoms. The second-order valence-electron chi connectivity index (χ2n) is 3.44. The summed E-state index contributed by atoms with van der Waals surface area (Å²) in [6.07, 6.45) is 3.20. The number of nitriles is 1. The van der Waals surface area contributed by atoms with Crippen molar-refractivity contribution in [1.29, 1.82) is 5.26 Å². The van der Waals surface area contributed by atoms with Crippen molar-refractivity contribution in [2.75, 3.05) is 0 Å². The Morgan fingerprint density at radius 2 is 2.19 bits per heavy atom. The summed E-state index contributed by atoms with van der Waals surface area (Å²) in [4.78, 5) is 3.90. The summed E-state index contributed by atoms with van der Waals surface area (Å²) >= 11 is 0. The minimum atomic E-state index is -3.60. The quantitative estimate of drug-likeness (QED) is 0.848. The lowest BCUT2D eigenvalue weighted by Crippen LogP contribution is -2.33. The van der Waals surface area contributed by atoms with E-state index in [-0.39, 0.29) is 0 Å². The zero-order valence-corrected chi connectivity index (χ0v) is 9.90. The van der Waals surface area contributed by atoms with E-state index in [2.05, 4.69) is 9.71 Å². The highest BCUT2D eigenvalue weighted by Crippen LogP contribution is 2.12. The Balaban J connectivity index is 2.81. The maximum absolute atomic E-state index is 11.6. The molecule has 0 spiro atoms. The van der Waals surface area contributed by atoms with Crippen molar-refractivity contribution in [3.05, 3.63) is 30.1 Å². The predicted octanol–water partition coefficient (Wildman–Crippen LogP) is 0.974. The fourth-order valence-electron chi connectivity index (χ4n) is 1.12. The molecule has 2 atom stereocenters. The summed E-state index contributed by atoms with van der Waals surface area (Å²) in [5, 5.41) is 7.51. The third-order valence-electron chi connectivity index (χ3n) is 2.17. The molecule has 0 amide bonds. The number of sulfonamides is 1. The second kappa shape index (κ2) is 5.05. The maximum Gasteiger partial charge on any atom is 0.228 e. The van der Waals surface area contributed by atoms with Gasteiger partial charge < -0.3 is 0 Å².